The van der Waals surface area contributed by atoms with Gasteiger partial charge in [-0.15, -0.1) is 0 Å². The molecule has 0 aliphatic heterocycles. The lowest BCUT2D eigenvalue weighted by Gasteiger charge is -2.07. The molecule has 1 fully saturated rings. The van der Waals surface area contributed by atoms with Crippen molar-refractivity contribution in [1.82, 2.24) is 9.97 Å². The Balaban J connectivity index is 1.90. The van der Waals surface area contributed by atoms with Gasteiger partial charge in [-0.25, -0.2) is 9.97 Å². The van der Waals surface area contributed by atoms with E-state index in [0.717, 1.165) is 36.9 Å². The number of aromatic nitrogens is 2. The van der Waals surface area contributed by atoms with E-state index in [0.29, 0.717) is 5.15 Å². The molecule has 0 aromatic carbocycles. The van der Waals surface area contributed by atoms with Crippen molar-refractivity contribution in [2.24, 2.45) is 5.92 Å². The predicted molar refractivity (Wildman–Crippen MR) is 66.9 cm³/mol. The SMILES string of the molecule is CCCc1nc(Cl)cc(NCCC2CC2)n1. The van der Waals surface area contributed by atoms with E-state index in [4.69, 9.17) is 11.6 Å². The molecule has 0 saturated heterocycles. The van der Waals surface area contributed by atoms with Crippen LogP contribution in [0, 0.1) is 5.92 Å². The molecule has 1 aliphatic carbocycles. The second-order valence-corrected chi connectivity index (χ2v) is 4.79. The summed E-state index contributed by atoms with van der Waals surface area (Å²) in [4.78, 5) is 8.63. The van der Waals surface area contributed by atoms with Crippen LogP contribution in [-0.4, -0.2) is 16.5 Å². The summed E-state index contributed by atoms with van der Waals surface area (Å²) < 4.78 is 0. The van der Waals surface area contributed by atoms with Crippen LogP contribution in [0.3, 0.4) is 0 Å². The van der Waals surface area contributed by atoms with E-state index in [1.807, 2.05) is 0 Å². The summed E-state index contributed by atoms with van der Waals surface area (Å²) in [7, 11) is 0. The zero-order valence-corrected chi connectivity index (χ0v) is 10.4. The first-order valence-electron chi connectivity index (χ1n) is 6.05. The molecule has 1 aromatic heterocycles. The Kier molecular flexibility index (Phi) is 3.99. The standard InChI is InChI=1S/C12H18ClN3/c1-2-3-11-15-10(13)8-12(16-11)14-7-6-9-4-5-9/h8-9H,2-7H2,1H3,(H,14,15,16). The van der Waals surface area contributed by atoms with Gasteiger partial charge in [0.15, 0.2) is 0 Å². The molecule has 88 valence electrons. The number of nitrogens with one attached hydrogen (secondary N) is 1. The van der Waals surface area contributed by atoms with E-state index in [1.165, 1.54) is 19.3 Å². The number of hydrogen-bond donors (Lipinski definition) is 1. The van der Waals surface area contributed by atoms with Gasteiger partial charge in [0, 0.05) is 19.0 Å². The number of rotatable bonds is 6. The third-order valence-electron chi connectivity index (χ3n) is 2.77. The fourth-order valence-electron chi connectivity index (χ4n) is 1.70. The van der Waals surface area contributed by atoms with Crippen LogP contribution in [0.2, 0.25) is 5.15 Å². The molecule has 0 spiro atoms. The maximum Gasteiger partial charge on any atom is 0.134 e. The topological polar surface area (TPSA) is 37.8 Å². The van der Waals surface area contributed by atoms with Crippen molar-refractivity contribution >= 4 is 17.4 Å². The maximum absolute atomic E-state index is 5.95. The molecule has 1 aliphatic rings. The molecule has 1 N–H and O–H groups in total. The average Bonchev–Trinajstić information content (AvgIpc) is 3.01. The Bertz CT molecular complexity index is 350. The second kappa shape index (κ2) is 5.48. The molecule has 2 rings (SSSR count). The Labute approximate surface area is 102 Å². The summed E-state index contributed by atoms with van der Waals surface area (Å²) in [6.45, 7) is 3.11. The number of nitrogens with zero attached hydrogens (tertiary/aromatic N) is 2. The quantitative estimate of drug-likeness (QED) is 0.774. The van der Waals surface area contributed by atoms with E-state index in [1.54, 1.807) is 6.07 Å². The lowest BCUT2D eigenvalue weighted by Crippen LogP contribution is -2.06. The number of aryl methyl sites for hydroxylation is 1. The fraction of sp³-hybridized carbons (Fsp3) is 0.667. The highest BCUT2D eigenvalue weighted by molar-refractivity contribution is 6.29. The largest absolute Gasteiger partial charge is 0.370 e. The van der Waals surface area contributed by atoms with Crippen LogP contribution in [0.5, 0.6) is 0 Å². The van der Waals surface area contributed by atoms with Crippen molar-refractivity contribution in [3.05, 3.63) is 17.0 Å². The van der Waals surface area contributed by atoms with Gasteiger partial charge in [0.05, 0.1) is 0 Å². The first-order chi connectivity index (χ1) is 7.78. The van der Waals surface area contributed by atoms with Crippen LogP contribution in [0.4, 0.5) is 5.82 Å². The highest BCUT2D eigenvalue weighted by Crippen LogP contribution is 2.32. The summed E-state index contributed by atoms with van der Waals surface area (Å²) in [6, 6.07) is 1.80. The van der Waals surface area contributed by atoms with Crippen LogP contribution in [0.25, 0.3) is 0 Å². The first kappa shape index (κ1) is 11.6. The van der Waals surface area contributed by atoms with Gasteiger partial charge < -0.3 is 5.32 Å². The van der Waals surface area contributed by atoms with E-state index in [-0.39, 0.29) is 0 Å². The lowest BCUT2D eigenvalue weighted by atomic mass is 10.3. The predicted octanol–water partition coefficient (Wildman–Crippen LogP) is 3.29. The number of halogens is 1. The Morgan fingerprint density at radius 1 is 1.44 bits per heavy atom. The van der Waals surface area contributed by atoms with Crippen molar-refractivity contribution in [1.29, 1.82) is 0 Å². The summed E-state index contributed by atoms with van der Waals surface area (Å²) in [6.07, 6.45) is 5.96. The van der Waals surface area contributed by atoms with Gasteiger partial charge in [-0.3, -0.25) is 0 Å². The van der Waals surface area contributed by atoms with E-state index >= 15 is 0 Å². The van der Waals surface area contributed by atoms with E-state index in [9.17, 15) is 0 Å². The van der Waals surface area contributed by atoms with E-state index in [2.05, 4.69) is 22.2 Å². The first-order valence-corrected chi connectivity index (χ1v) is 6.43. The molecule has 0 amide bonds. The molecule has 1 saturated carbocycles. The highest BCUT2D eigenvalue weighted by Gasteiger charge is 2.20. The monoisotopic (exact) mass is 239 g/mol. The molecule has 0 radical (unpaired) electrons. The zero-order chi connectivity index (χ0) is 11.4. The summed E-state index contributed by atoms with van der Waals surface area (Å²) in [5.41, 5.74) is 0. The van der Waals surface area contributed by atoms with Gasteiger partial charge in [0.1, 0.15) is 16.8 Å². The van der Waals surface area contributed by atoms with Crippen molar-refractivity contribution in [3.63, 3.8) is 0 Å². The van der Waals surface area contributed by atoms with Crippen molar-refractivity contribution in [3.8, 4) is 0 Å². The van der Waals surface area contributed by atoms with E-state index < -0.39 is 0 Å². The molecule has 4 heteroatoms. The molecular formula is C12H18ClN3. The average molecular weight is 240 g/mol. The smallest absolute Gasteiger partial charge is 0.134 e. The zero-order valence-electron chi connectivity index (χ0n) is 9.67. The molecule has 0 unspecified atom stereocenters. The van der Waals surface area contributed by atoms with Gasteiger partial charge in [-0.05, 0) is 18.8 Å². The van der Waals surface area contributed by atoms with Crippen LogP contribution in [0.15, 0.2) is 6.07 Å². The maximum atomic E-state index is 5.95. The van der Waals surface area contributed by atoms with Crippen molar-refractivity contribution in [2.75, 3.05) is 11.9 Å². The Morgan fingerprint density at radius 3 is 2.94 bits per heavy atom. The summed E-state index contributed by atoms with van der Waals surface area (Å²) >= 11 is 5.95. The molecule has 3 nitrogen and oxygen atoms in total. The van der Waals surface area contributed by atoms with Gasteiger partial charge >= 0.3 is 0 Å². The molecular weight excluding hydrogens is 222 g/mol. The van der Waals surface area contributed by atoms with Crippen LogP contribution in [0.1, 0.15) is 38.4 Å². The Hall–Kier alpha value is -0.830. The minimum atomic E-state index is 0.535. The van der Waals surface area contributed by atoms with Crippen molar-refractivity contribution < 1.29 is 0 Å². The third kappa shape index (κ3) is 3.63. The summed E-state index contributed by atoms with van der Waals surface area (Å²) in [5, 5.41) is 3.85. The van der Waals surface area contributed by atoms with Gasteiger partial charge in [0.25, 0.3) is 0 Å². The van der Waals surface area contributed by atoms with Crippen LogP contribution < -0.4 is 5.32 Å². The number of hydrogen-bond acceptors (Lipinski definition) is 3. The summed E-state index contributed by atoms with van der Waals surface area (Å²) in [5.74, 6) is 2.65. The fourth-order valence-corrected chi connectivity index (χ4v) is 1.90. The molecule has 1 aromatic rings. The highest BCUT2D eigenvalue weighted by atomic mass is 35.5. The normalized spacial score (nSPS) is 15.1. The molecule has 0 atom stereocenters. The van der Waals surface area contributed by atoms with Gasteiger partial charge in [0.2, 0.25) is 0 Å². The van der Waals surface area contributed by atoms with Gasteiger partial charge in [-0.1, -0.05) is 31.4 Å². The lowest BCUT2D eigenvalue weighted by molar-refractivity contribution is 0.755. The molecule has 0 bridgehead atoms. The Morgan fingerprint density at radius 2 is 2.25 bits per heavy atom. The van der Waals surface area contributed by atoms with Crippen LogP contribution in [-0.2, 0) is 6.42 Å². The van der Waals surface area contributed by atoms with Gasteiger partial charge in [-0.2, -0.15) is 0 Å². The molecule has 1 heterocycles. The minimum absolute atomic E-state index is 0.535. The molecule has 16 heavy (non-hydrogen) atoms. The van der Waals surface area contributed by atoms with Crippen molar-refractivity contribution in [2.45, 2.75) is 39.0 Å². The third-order valence-corrected chi connectivity index (χ3v) is 2.96. The van der Waals surface area contributed by atoms with Crippen LogP contribution >= 0.6 is 11.6 Å². The second-order valence-electron chi connectivity index (χ2n) is 4.40. The number of anilines is 1. The minimum Gasteiger partial charge on any atom is -0.370 e.